The molecule has 0 saturated heterocycles. The number of nitrogens with one attached hydrogen (secondary N) is 1. The molecule has 2 rings (SSSR count). The largest absolute Gasteiger partial charge is 0.316 e. The first-order valence-electron chi connectivity index (χ1n) is 5.55. The molecule has 76 valence electrons. The van der Waals surface area contributed by atoms with E-state index in [4.69, 9.17) is 0 Å². The van der Waals surface area contributed by atoms with Gasteiger partial charge >= 0.3 is 0 Å². The summed E-state index contributed by atoms with van der Waals surface area (Å²) in [5, 5.41) is 3.43. The summed E-state index contributed by atoms with van der Waals surface area (Å²) in [6, 6.07) is 9.71. The second kappa shape index (κ2) is 4.14. The molecule has 14 heavy (non-hydrogen) atoms. The molecule has 0 amide bonds. The Kier molecular flexibility index (Phi) is 2.87. The van der Waals surface area contributed by atoms with Crippen LogP contribution in [-0.2, 0) is 0 Å². The van der Waals surface area contributed by atoms with Crippen molar-refractivity contribution in [3.05, 3.63) is 35.4 Å². The highest BCUT2D eigenvalue weighted by atomic mass is 14.9. The summed E-state index contributed by atoms with van der Waals surface area (Å²) < 4.78 is 0. The van der Waals surface area contributed by atoms with E-state index in [0.717, 1.165) is 5.92 Å². The Labute approximate surface area is 86.5 Å². The van der Waals surface area contributed by atoms with Crippen molar-refractivity contribution in [3.8, 4) is 0 Å². The highest BCUT2D eigenvalue weighted by Crippen LogP contribution is 2.34. The molecule has 0 aromatic heterocycles. The molecular weight excluding hydrogens is 170 g/mol. The first kappa shape index (κ1) is 9.72. The summed E-state index contributed by atoms with van der Waals surface area (Å²) in [5.41, 5.74) is 2.86. The average Bonchev–Trinajstić information content (AvgIpc) is 2.67. The van der Waals surface area contributed by atoms with E-state index in [0.29, 0.717) is 6.04 Å². The van der Waals surface area contributed by atoms with Gasteiger partial charge in [-0.3, -0.25) is 0 Å². The van der Waals surface area contributed by atoms with E-state index in [1.165, 1.54) is 30.4 Å². The minimum absolute atomic E-state index is 0.692. The fourth-order valence-electron chi connectivity index (χ4n) is 2.52. The molecule has 0 unspecified atom stereocenters. The molecule has 0 radical (unpaired) electrons. The molecule has 1 aromatic rings. The van der Waals surface area contributed by atoms with Crippen molar-refractivity contribution < 1.29 is 0 Å². The van der Waals surface area contributed by atoms with Crippen molar-refractivity contribution in [2.75, 3.05) is 7.05 Å². The third-order valence-electron chi connectivity index (χ3n) is 3.39. The number of rotatable bonds is 2. The summed E-state index contributed by atoms with van der Waals surface area (Å²) in [7, 11) is 2.08. The molecule has 0 bridgehead atoms. The summed E-state index contributed by atoms with van der Waals surface area (Å²) in [6.45, 7) is 2.15. The molecule has 1 heteroatoms. The maximum atomic E-state index is 3.43. The van der Waals surface area contributed by atoms with Crippen LogP contribution < -0.4 is 5.32 Å². The van der Waals surface area contributed by atoms with E-state index in [-0.39, 0.29) is 0 Å². The molecule has 1 aromatic carbocycles. The van der Waals surface area contributed by atoms with Gasteiger partial charge < -0.3 is 5.32 Å². The smallest absolute Gasteiger partial charge is 0.0133 e. The predicted molar refractivity (Wildman–Crippen MR) is 60.6 cm³/mol. The summed E-state index contributed by atoms with van der Waals surface area (Å²) in [6.07, 6.45) is 4.04. The quantitative estimate of drug-likeness (QED) is 0.754. The second-order valence-electron chi connectivity index (χ2n) is 4.34. The zero-order valence-corrected chi connectivity index (χ0v) is 9.09. The minimum Gasteiger partial charge on any atom is -0.316 e. The van der Waals surface area contributed by atoms with E-state index in [1.54, 1.807) is 0 Å². The lowest BCUT2D eigenvalue weighted by molar-refractivity contribution is 0.522. The maximum absolute atomic E-state index is 3.43. The van der Waals surface area contributed by atoms with E-state index < -0.39 is 0 Å². The molecule has 2 atom stereocenters. The van der Waals surface area contributed by atoms with Gasteiger partial charge in [-0.25, -0.2) is 0 Å². The Morgan fingerprint density at radius 2 is 1.86 bits per heavy atom. The van der Waals surface area contributed by atoms with Crippen molar-refractivity contribution in [2.24, 2.45) is 0 Å². The minimum atomic E-state index is 0.692. The average molecular weight is 189 g/mol. The van der Waals surface area contributed by atoms with Gasteiger partial charge in [-0.1, -0.05) is 36.2 Å². The predicted octanol–water partition coefficient (Wildman–Crippen LogP) is 2.85. The van der Waals surface area contributed by atoms with Crippen molar-refractivity contribution in [1.82, 2.24) is 5.32 Å². The molecule has 1 fully saturated rings. The normalized spacial score (nSPS) is 26.7. The van der Waals surface area contributed by atoms with Gasteiger partial charge in [0.05, 0.1) is 0 Å². The lowest BCUT2D eigenvalue weighted by Crippen LogP contribution is -2.27. The Bertz CT molecular complexity index is 289. The first-order valence-corrected chi connectivity index (χ1v) is 5.55. The van der Waals surface area contributed by atoms with Gasteiger partial charge in [0, 0.05) is 6.04 Å². The van der Waals surface area contributed by atoms with Crippen LogP contribution in [0.1, 0.15) is 36.3 Å². The molecule has 1 nitrogen and oxygen atoms in total. The number of hydrogen-bond donors (Lipinski definition) is 1. The summed E-state index contributed by atoms with van der Waals surface area (Å²) in [4.78, 5) is 0. The van der Waals surface area contributed by atoms with Crippen molar-refractivity contribution in [2.45, 2.75) is 38.1 Å². The second-order valence-corrected chi connectivity index (χ2v) is 4.34. The van der Waals surface area contributed by atoms with Crippen LogP contribution in [0, 0.1) is 6.92 Å². The molecule has 0 aliphatic heterocycles. The fraction of sp³-hybridized carbons (Fsp3) is 0.538. The van der Waals surface area contributed by atoms with Crippen LogP contribution in [0.15, 0.2) is 24.3 Å². The highest BCUT2D eigenvalue weighted by molar-refractivity contribution is 5.26. The van der Waals surface area contributed by atoms with Crippen molar-refractivity contribution >= 4 is 0 Å². The monoisotopic (exact) mass is 189 g/mol. The molecule has 0 spiro atoms. The van der Waals surface area contributed by atoms with Crippen LogP contribution in [0.25, 0.3) is 0 Å². The number of likely N-dealkylation sites (N-methyl/N-ethyl adjacent to an activating group) is 1. The molecule has 1 aliphatic carbocycles. The maximum Gasteiger partial charge on any atom is 0.0133 e. The fourth-order valence-corrected chi connectivity index (χ4v) is 2.52. The number of aryl methyl sites for hydroxylation is 1. The van der Waals surface area contributed by atoms with E-state index >= 15 is 0 Å². The van der Waals surface area contributed by atoms with Gasteiger partial charge in [-0.2, -0.15) is 0 Å². The first-order chi connectivity index (χ1) is 6.81. The van der Waals surface area contributed by atoms with E-state index in [1.807, 2.05) is 0 Å². The zero-order valence-electron chi connectivity index (χ0n) is 9.09. The van der Waals surface area contributed by atoms with Gasteiger partial charge in [0.15, 0.2) is 0 Å². The third-order valence-corrected chi connectivity index (χ3v) is 3.39. The van der Waals surface area contributed by atoms with Crippen LogP contribution in [0.3, 0.4) is 0 Å². The zero-order chi connectivity index (χ0) is 9.97. The van der Waals surface area contributed by atoms with Gasteiger partial charge in [0.1, 0.15) is 0 Å². The summed E-state index contributed by atoms with van der Waals surface area (Å²) in [5.74, 6) is 0.737. The summed E-state index contributed by atoms with van der Waals surface area (Å²) >= 11 is 0. The van der Waals surface area contributed by atoms with Gasteiger partial charge in [-0.15, -0.1) is 0 Å². The lowest BCUT2D eigenvalue weighted by Gasteiger charge is -2.19. The highest BCUT2D eigenvalue weighted by Gasteiger charge is 2.26. The van der Waals surface area contributed by atoms with Crippen LogP contribution in [0.2, 0.25) is 0 Å². The Morgan fingerprint density at radius 1 is 1.14 bits per heavy atom. The van der Waals surface area contributed by atoms with E-state index in [2.05, 4.69) is 43.6 Å². The SMILES string of the molecule is CN[C@H]1CCC[C@H]1c1ccc(C)cc1. The van der Waals surface area contributed by atoms with Crippen LogP contribution in [0.5, 0.6) is 0 Å². The Morgan fingerprint density at radius 3 is 2.50 bits per heavy atom. The Balaban J connectivity index is 2.17. The van der Waals surface area contributed by atoms with Gasteiger partial charge in [0.25, 0.3) is 0 Å². The standard InChI is InChI=1S/C13H19N/c1-10-6-8-11(9-7-10)12-4-3-5-13(12)14-2/h6-9,12-14H,3-5H2,1-2H3/t12-,13-/m0/s1. The molecule has 1 saturated carbocycles. The van der Waals surface area contributed by atoms with Gasteiger partial charge in [0.2, 0.25) is 0 Å². The molecular formula is C13H19N. The topological polar surface area (TPSA) is 12.0 Å². The van der Waals surface area contributed by atoms with Crippen LogP contribution >= 0.6 is 0 Å². The van der Waals surface area contributed by atoms with Crippen LogP contribution in [-0.4, -0.2) is 13.1 Å². The van der Waals surface area contributed by atoms with Crippen molar-refractivity contribution in [1.29, 1.82) is 0 Å². The van der Waals surface area contributed by atoms with Crippen LogP contribution in [0.4, 0.5) is 0 Å². The number of hydrogen-bond acceptors (Lipinski definition) is 1. The third kappa shape index (κ3) is 1.83. The molecule has 0 heterocycles. The van der Waals surface area contributed by atoms with E-state index in [9.17, 15) is 0 Å². The van der Waals surface area contributed by atoms with Crippen molar-refractivity contribution in [3.63, 3.8) is 0 Å². The number of benzene rings is 1. The molecule has 1 aliphatic rings. The molecule has 1 N–H and O–H groups in total. The van der Waals surface area contributed by atoms with Gasteiger partial charge in [-0.05, 0) is 38.3 Å². The lowest BCUT2D eigenvalue weighted by atomic mass is 9.93. The Hall–Kier alpha value is -0.820.